The maximum Gasteiger partial charge on any atom is 0.253 e. The molecule has 2 N–H and O–H groups in total. The molecular weight excluding hydrogens is 354 g/mol. The Morgan fingerprint density at radius 2 is 1.86 bits per heavy atom. The molecule has 6 nitrogen and oxygen atoms in total. The van der Waals surface area contributed by atoms with E-state index in [2.05, 4.69) is 15.5 Å². The number of nitrogens with zero attached hydrogens (tertiary/aromatic N) is 1. The van der Waals surface area contributed by atoms with Crippen LogP contribution < -0.4 is 15.5 Å². The van der Waals surface area contributed by atoms with Crippen LogP contribution in [0, 0.1) is 5.41 Å². The lowest BCUT2D eigenvalue weighted by Gasteiger charge is -2.30. The van der Waals surface area contributed by atoms with E-state index in [0.29, 0.717) is 30.8 Å². The van der Waals surface area contributed by atoms with Crippen molar-refractivity contribution in [3.05, 3.63) is 23.8 Å². The van der Waals surface area contributed by atoms with E-state index in [4.69, 9.17) is 4.74 Å². The molecule has 28 heavy (non-hydrogen) atoms. The van der Waals surface area contributed by atoms with Crippen molar-refractivity contribution in [2.45, 2.75) is 52.9 Å². The SMILES string of the molecule is COCCCNC(=O)c1cc(NC(=O)CC(C)(C)C)ccc1N1CCCCC1. The van der Waals surface area contributed by atoms with E-state index in [9.17, 15) is 9.59 Å². The molecular formula is C22H35N3O3. The maximum absolute atomic E-state index is 12.8. The first-order valence-electron chi connectivity index (χ1n) is 10.3. The lowest BCUT2D eigenvalue weighted by Crippen LogP contribution is -2.33. The summed E-state index contributed by atoms with van der Waals surface area (Å²) in [6, 6.07) is 5.66. The number of amides is 2. The van der Waals surface area contributed by atoms with Crippen LogP contribution in [-0.2, 0) is 9.53 Å². The fourth-order valence-electron chi connectivity index (χ4n) is 3.41. The lowest BCUT2D eigenvalue weighted by atomic mass is 9.92. The van der Waals surface area contributed by atoms with Crippen LogP contribution in [0.25, 0.3) is 0 Å². The Morgan fingerprint density at radius 1 is 1.14 bits per heavy atom. The van der Waals surface area contributed by atoms with Crippen molar-refractivity contribution < 1.29 is 14.3 Å². The summed E-state index contributed by atoms with van der Waals surface area (Å²) in [4.78, 5) is 27.4. The first-order valence-corrected chi connectivity index (χ1v) is 10.3. The molecule has 1 fully saturated rings. The highest BCUT2D eigenvalue weighted by Gasteiger charge is 2.21. The number of methoxy groups -OCH3 is 1. The summed E-state index contributed by atoms with van der Waals surface area (Å²) in [6.07, 6.45) is 4.71. The molecule has 0 unspecified atom stereocenters. The van der Waals surface area contributed by atoms with Crippen molar-refractivity contribution in [2.24, 2.45) is 5.41 Å². The van der Waals surface area contributed by atoms with Crippen LogP contribution in [0.3, 0.4) is 0 Å². The molecule has 1 heterocycles. The topological polar surface area (TPSA) is 70.7 Å². The summed E-state index contributed by atoms with van der Waals surface area (Å²) in [5, 5.41) is 5.92. The van der Waals surface area contributed by atoms with Crippen LogP contribution >= 0.6 is 0 Å². The molecule has 0 aromatic heterocycles. The molecule has 2 amide bonds. The van der Waals surface area contributed by atoms with Gasteiger partial charge in [-0.3, -0.25) is 9.59 Å². The summed E-state index contributed by atoms with van der Waals surface area (Å²) in [5.41, 5.74) is 2.14. The van der Waals surface area contributed by atoms with Crippen molar-refractivity contribution in [1.82, 2.24) is 5.32 Å². The average Bonchev–Trinajstić information content (AvgIpc) is 2.64. The summed E-state index contributed by atoms with van der Waals surface area (Å²) < 4.78 is 5.04. The second kappa shape index (κ2) is 10.5. The van der Waals surface area contributed by atoms with Crippen LogP contribution in [0.2, 0.25) is 0 Å². The average molecular weight is 390 g/mol. The quantitative estimate of drug-likeness (QED) is 0.663. The van der Waals surface area contributed by atoms with E-state index in [1.54, 1.807) is 13.2 Å². The van der Waals surface area contributed by atoms with Gasteiger partial charge in [-0.15, -0.1) is 0 Å². The molecule has 156 valence electrons. The Balaban J connectivity index is 2.17. The number of nitrogens with one attached hydrogen (secondary N) is 2. The fraction of sp³-hybridized carbons (Fsp3) is 0.636. The highest BCUT2D eigenvalue weighted by atomic mass is 16.5. The van der Waals surface area contributed by atoms with Gasteiger partial charge in [0, 0.05) is 51.1 Å². The molecule has 0 aliphatic carbocycles. The van der Waals surface area contributed by atoms with Gasteiger partial charge in [-0.2, -0.15) is 0 Å². The van der Waals surface area contributed by atoms with Crippen molar-refractivity contribution in [1.29, 1.82) is 0 Å². The number of hydrogen-bond acceptors (Lipinski definition) is 4. The third kappa shape index (κ3) is 7.15. The maximum atomic E-state index is 12.8. The molecule has 0 radical (unpaired) electrons. The van der Waals surface area contributed by atoms with Gasteiger partial charge < -0.3 is 20.3 Å². The van der Waals surface area contributed by atoms with Crippen LogP contribution in [0.4, 0.5) is 11.4 Å². The van der Waals surface area contributed by atoms with Crippen molar-refractivity contribution in [2.75, 3.05) is 43.6 Å². The van der Waals surface area contributed by atoms with Gasteiger partial charge in [0.25, 0.3) is 5.91 Å². The predicted molar refractivity (Wildman–Crippen MR) is 114 cm³/mol. The minimum atomic E-state index is -0.108. The van der Waals surface area contributed by atoms with E-state index in [1.807, 2.05) is 32.9 Å². The number of anilines is 2. The van der Waals surface area contributed by atoms with E-state index >= 15 is 0 Å². The minimum absolute atomic E-state index is 0.0373. The van der Waals surface area contributed by atoms with Gasteiger partial charge in [-0.25, -0.2) is 0 Å². The predicted octanol–water partition coefficient (Wildman–Crippen LogP) is 3.82. The smallest absolute Gasteiger partial charge is 0.253 e. The molecule has 0 atom stereocenters. The number of benzene rings is 1. The van der Waals surface area contributed by atoms with Gasteiger partial charge in [0.15, 0.2) is 0 Å². The Labute approximate surface area is 169 Å². The van der Waals surface area contributed by atoms with Gasteiger partial charge in [0.2, 0.25) is 5.91 Å². The Hall–Kier alpha value is -2.08. The summed E-state index contributed by atoms with van der Waals surface area (Å²) in [6.45, 7) is 9.19. The second-order valence-electron chi connectivity index (χ2n) is 8.67. The summed E-state index contributed by atoms with van der Waals surface area (Å²) in [7, 11) is 1.65. The largest absolute Gasteiger partial charge is 0.385 e. The third-order valence-electron chi connectivity index (χ3n) is 4.72. The molecule has 6 heteroatoms. The lowest BCUT2D eigenvalue weighted by molar-refractivity contribution is -0.117. The molecule has 1 aliphatic heterocycles. The fourth-order valence-corrected chi connectivity index (χ4v) is 3.41. The van der Waals surface area contributed by atoms with Gasteiger partial charge in [-0.05, 0) is 49.3 Å². The zero-order chi connectivity index (χ0) is 20.6. The van der Waals surface area contributed by atoms with Crippen LogP contribution in [0.15, 0.2) is 18.2 Å². The van der Waals surface area contributed by atoms with Crippen molar-refractivity contribution in [3.8, 4) is 0 Å². The number of carbonyl (C=O) groups excluding carboxylic acids is 2. The van der Waals surface area contributed by atoms with Crippen LogP contribution in [0.1, 0.15) is 63.2 Å². The molecule has 0 saturated carbocycles. The summed E-state index contributed by atoms with van der Waals surface area (Å²) >= 11 is 0. The standard InChI is InChI=1S/C22H35N3O3/c1-22(2,3)16-20(26)24-17-9-10-19(25-12-6-5-7-13-25)18(15-17)21(27)23-11-8-14-28-4/h9-10,15H,5-8,11-14,16H2,1-4H3,(H,23,27)(H,24,26). The minimum Gasteiger partial charge on any atom is -0.385 e. The molecule has 2 rings (SSSR count). The highest BCUT2D eigenvalue weighted by molar-refractivity contribution is 6.02. The normalized spacial score (nSPS) is 14.6. The Kier molecular flexibility index (Phi) is 8.30. The van der Waals surface area contributed by atoms with E-state index in [1.165, 1.54) is 6.42 Å². The molecule has 1 aromatic carbocycles. The molecule has 1 saturated heterocycles. The monoisotopic (exact) mass is 389 g/mol. The van der Waals surface area contributed by atoms with E-state index < -0.39 is 0 Å². The Bertz CT molecular complexity index is 661. The van der Waals surface area contributed by atoms with Gasteiger partial charge >= 0.3 is 0 Å². The third-order valence-corrected chi connectivity index (χ3v) is 4.72. The molecule has 0 bridgehead atoms. The zero-order valence-electron chi connectivity index (χ0n) is 17.8. The van der Waals surface area contributed by atoms with E-state index in [-0.39, 0.29) is 17.2 Å². The van der Waals surface area contributed by atoms with Crippen molar-refractivity contribution >= 4 is 23.2 Å². The zero-order valence-corrected chi connectivity index (χ0v) is 17.8. The number of piperidine rings is 1. The van der Waals surface area contributed by atoms with Gasteiger partial charge in [0.05, 0.1) is 5.56 Å². The number of carbonyl (C=O) groups is 2. The first kappa shape index (κ1) is 22.2. The van der Waals surface area contributed by atoms with Crippen molar-refractivity contribution in [3.63, 3.8) is 0 Å². The van der Waals surface area contributed by atoms with Gasteiger partial charge in [-0.1, -0.05) is 20.8 Å². The second-order valence-corrected chi connectivity index (χ2v) is 8.67. The number of rotatable bonds is 8. The molecule has 1 aromatic rings. The number of ether oxygens (including phenoxy) is 1. The molecule has 1 aliphatic rings. The van der Waals surface area contributed by atoms with Gasteiger partial charge in [0.1, 0.15) is 0 Å². The van der Waals surface area contributed by atoms with Crippen LogP contribution in [-0.4, -0.2) is 45.2 Å². The molecule has 0 spiro atoms. The first-order chi connectivity index (χ1) is 13.3. The summed E-state index contributed by atoms with van der Waals surface area (Å²) in [5.74, 6) is -0.145. The highest BCUT2D eigenvalue weighted by Crippen LogP contribution is 2.28. The number of hydrogen-bond donors (Lipinski definition) is 2. The Morgan fingerprint density at radius 3 is 2.50 bits per heavy atom. The van der Waals surface area contributed by atoms with E-state index in [0.717, 1.165) is 38.0 Å². The van der Waals surface area contributed by atoms with Crippen LogP contribution in [0.5, 0.6) is 0 Å².